The molecule has 0 bridgehead atoms. The summed E-state index contributed by atoms with van der Waals surface area (Å²) in [7, 11) is 1.68. The fourth-order valence-electron chi connectivity index (χ4n) is 2.28. The first-order valence-corrected chi connectivity index (χ1v) is 7.42. The summed E-state index contributed by atoms with van der Waals surface area (Å²) in [5.41, 5.74) is 1.65. The topological polar surface area (TPSA) is 56.9 Å². The third-order valence-corrected chi connectivity index (χ3v) is 4.78. The van der Waals surface area contributed by atoms with E-state index in [1.54, 1.807) is 20.9 Å². The third kappa shape index (κ3) is 2.21. The van der Waals surface area contributed by atoms with Gasteiger partial charge in [0.2, 0.25) is 0 Å². The first-order chi connectivity index (χ1) is 9.99. The second-order valence-corrected chi connectivity index (χ2v) is 6.13. The van der Waals surface area contributed by atoms with Crippen LogP contribution in [0.5, 0.6) is 0 Å². The normalized spacial score (nSPS) is 11.2. The van der Waals surface area contributed by atoms with Crippen LogP contribution in [0.15, 0.2) is 33.9 Å². The SMILES string of the molecule is Cc1c(C)n(C)c(=O)n(Cc2nc3ccccc3s2)c1=O. The van der Waals surface area contributed by atoms with E-state index in [2.05, 4.69) is 4.98 Å². The predicted octanol–water partition coefficient (Wildman–Crippen LogP) is 1.82. The van der Waals surface area contributed by atoms with E-state index in [1.807, 2.05) is 24.3 Å². The van der Waals surface area contributed by atoms with Crippen LogP contribution in [0.25, 0.3) is 10.2 Å². The molecule has 0 aliphatic heterocycles. The Morgan fingerprint density at radius 2 is 1.90 bits per heavy atom. The molecule has 6 heteroatoms. The van der Waals surface area contributed by atoms with Gasteiger partial charge in [0.25, 0.3) is 5.56 Å². The molecule has 0 aliphatic carbocycles. The number of nitrogens with zero attached hydrogens (tertiary/aromatic N) is 3. The van der Waals surface area contributed by atoms with E-state index in [9.17, 15) is 9.59 Å². The van der Waals surface area contributed by atoms with Crippen molar-refractivity contribution in [3.8, 4) is 0 Å². The summed E-state index contributed by atoms with van der Waals surface area (Å²) in [4.78, 5) is 29.1. The molecule has 2 aromatic heterocycles. The molecule has 0 N–H and O–H groups in total. The molecule has 3 rings (SSSR count). The standard InChI is InChI=1S/C15H15N3O2S/c1-9-10(2)17(3)15(20)18(14(9)19)8-13-16-11-6-4-5-7-12(11)21-13/h4-7H,8H2,1-3H3. The highest BCUT2D eigenvalue weighted by atomic mass is 32.1. The summed E-state index contributed by atoms with van der Waals surface area (Å²) >= 11 is 1.51. The molecule has 0 radical (unpaired) electrons. The highest BCUT2D eigenvalue weighted by molar-refractivity contribution is 7.18. The van der Waals surface area contributed by atoms with Gasteiger partial charge < -0.3 is 4.57 Å². The first-order valence-electron chi connectivity index (χ1n) is 6.60. The Kier molecular flexibility index (Phi) is 3.25. The summed E-state index contributed by atoms with van der Waals surface area (Å²) < 4.78 is 3.81. The Hall–Kier alpha value is -2.21. The minimum Gasteiger partial charge on any atom is -0.301 e. The van der Waals surface area contributed by atoms with E-state index in [4.69, 9.17) is 0 Å². The largest absolute Gasteiger partial charge is 0.331 e. The second kappa shape index (κ2) is 4.96. The molecule has 0 saturated carbocycles. The van der Waals surface area contributed by atoms with Gasteiger partial charge in [-0.3, -0.25) is 9.36 Å². The molecule has 0 saturated heterocycles. The lowest BCUT2D eigenvalue weighted by Gasteiger charge is -2.10. The van der Waals surface area contributed by atoms with Gasteiger partial charge in [-0.05, 0) is 26.0 Å². The molecule has 5 nitrogen and oxygen atoms in total. The number of hydrogen-bond acceptors (Lipinski definition) is 4. The van der Waals surface area contributed by atoms with Crippen molar-refractivity contribution in [1.82, 2.24) is 14.1 Å². The fourth-order valence-corrected chi connectivity index (χ4v) is 3.24. The smallest absolute Gasteiger partial charge is 0.301 e. The van der Waals surface area contributed by atoms with Crippen LogP contribution in [0, 0.1) is 13.8 Å². The Bertz CT molecular complexity index is 879. The van der Waals surface area contributed by atoms with Crippen LogP contribution in [0.2, 0.25) is 0 Å². The molecule has 3 aromatic rings. The maximum Gasteiger partial charge on any atom is 0.331 e. The van der Waals surface area contributed by atoms with Crippen molar-refractivity contribution in [1.29, 1.82) is 0 Å². The number of thiazole rings is 1. The minimum absolute atomic E-state index is 0.214. The van der Waals surface area contributed by atoms with Gasteiger partial charge in [-0.2, -0.15) is 0 Å². The zero-order valence-electron chi connectivity index (χ0n) is 12.1. The summed E-state index contributed by atoms with van der Waals surface area (Å²) in [5.74, 6) is 0. The van der Waals surface area contributed by atoms with E-state index in [-0.39, 0.29) is 17.8 Å². The maximum atomic E-state index is 12.3. The fraction of sp³-hybridized carbons (Fsp3) is 0.267. The van der Waals surface area contributed by atoms with Crippen LogP contribution in [0.1, 0.15) is 16.3 Å². The van der Waals surface area contributed by atoms with Crippen LogP contribution in [0.4, 0.5) is 0 Å². The molecule has 0 spiro atoms. The van der Waals surface area contributed by atoms with Crippen LogP contribution in [-0.2, 0) is 13.6 Å². The monoisotopic (exact) mass is 301 g/mol. The van der Waals surface area contributed by atoms with Crippen molar-refractivity contribution in [3.63, 3.8) is 0 Å². The number of rotatable bonds is 2. The quantitative estimate of drug-likeness (QED) is 0.725. The van der Waals surface area contributed by atoms with Crippen molar-refractivity contribution < 1.29 is 0 Å². The zero-order chi connectivity index (χ0) is 15.1. The van der Waals surface area contributed by atoms with Gasteiger partial charge in [0.15, 0.2) is 0 Å². The molecular formula is C15H15N3O2S. The molecule has 1 aromatic carbocycles. The molecular weight excluding hydrogens is 286 g/mol. The molecule has 21 heavy (non-hydrogen) atoms. The average Bonchev–Trinajstić information content (AvgIpc) is 2.90. The Morgan fingerprint density at radius 1 is 1.19 bits per heavy atom. The van der Waals surface area contributed by atoms with Gasteiger partial charge in [-0.1, -0.05) is 12.1 Å². The van der Waals surface area contributed by atoms with Gasteiger partial charge in [0, 0.05) is 18.3 Å². The van der Waals surface area contributed by atoms with E-state index >= 15 is 0 Å². The molecule has 2 heterocycles. The third-order valence-electron chi connectivity index (χ3n) is 3.76. The van der Waals surface area contributed by atoms with Gasteiger partial charge in [-0.25, -0.2) is 9.78 Å². The molecule has 0 fully saturated rings. The summed E-state index contributed by atoms with van der Waals surface area (Å²) in [6, 6.07) is 7.78. The minimum atomic E-state index is -0.303. The summed E-state index contributed by atoms with van der Waals surface area (Å²) in [6.45, 7) is 3.73. The number of benzene rings is 1. The molecule has 0 amide bonds. The van der Waals surface area contributed by atoms with Gasteiger partial charge >= 0.3 is 5.69 Å². The van der Waals surface area contributed by atoms with Crippen LogP contribution in [0.3, 0.4) is 0 Å². The van der Waals surface area contributed by atoms with Gasteiger partial charge in [0.05, 0.1) is 16.8 Å². The number of hydrogen-bond donors (Lipinski definition) is 0. The lowest BCUT2D eigenvalue weighted by Crippen LogP contribution is -2.41. The number of fused-ring (bicyclic) bond motifs is 1. The average molecular weight is 301 g/mol. The van der Waals surface area contributed by atoms with Crippen molar-refractivity contribution in [2.45, 2.75) is 20.4 Å². The van der Waals surface area contributed by atoms with Gasteiger partial charge in [-0.15, -0.1) is 11.3 Å². The first kappa shape index (κ1) is 13.8. The molecule has 0 atom stereocenters. The number of para-hydroxylation sites is 1. The second-order valence-electron chi connectivity index (χ2n) is 5.02. The highest BCUT2D eigenvalue weighted by Crippen LogP contribution is 2.21. The summed E-state index contributed by atoms with van der Waals surface area (Å²) in [5, 5.41) is 0.763. The van der Waals surface area contributed by atoms with Gasteiger partial charge in [0.1, 0.15) is 5.01 Å². The van der Waals surface area contributed by atoms with Crippen molar-refractivity contribution in [2.75, 3.05) is 0 Å². The Morgan fingerprint density at radius 3 is 2.62 bits per heavy atom. The zero-order valence-corrected chi connectivity index (χ0v) is 12.9. The van der Waals surface area contributed by atoms with E-state index in [0.29, 0.717) is 11.3 Å². The Balaban J connectivity index is 2.14. The Labute approximate surface area is 125 Å². The van der Waals surface area contributed by atoms with E-state index < -0.39 is 0 Å². The van der Waals surface area contributed by atoms with Crippen LogP contribution in [-0.4, -0.2) is 14.1 Å². The molecule has 0 unspecified atom stereocenters. The van der Waals surface area contributed by atoms with Crippen LogP contribution < -0.4 is 11.2 Å². The van der Waals surface area contributed by atoms with Crippen molar-refractivity contribution in [3.05, 3.63) is 61.4 Å². The van der Waals surface area contributed by atoms with E-state index in [0.717, 1.165) is 15.2 Å². The maximum absolute atomic E-state index is 12.3. The molecule has 0 aliphatic rings. The molecule has 108 valence electrons. The lowest BCUT2D eigenvalue weighted by atomic mass is 10.2. The van der Waals surface area contributed by atoms with Crippen molar-refractivity contribution >= 4 is 21.6 Å². The van der Waals surface area contributed by atoms with Crippen LogP contribution >= 0.6 is 11.3 Å². The number of aromatic nitrogens is 3. The highest BCUT2D eigenvalue weighted by Gasteiger charge is 2.13. The van der Waals surface area contributed by atoms with E-state index in [1.165, 1.54) is 20.5 Å². The lowest BCUT2D eigenvalue weighted by molar-refractivity contribution is 0.618. The van der Waals surface area contributed by atoms with Crippen molar-refractivity contribution in [2.24, 2.45) is 7.05 Å². The predicted molar refractivity (Wildman–Crippen MR) is 84.1 cm³/mol. The summed E-state index contributed by atoms with van der Waals surface area (Å²) in [6.07, 6.45) is 0.